The normalized spacial score (nSPS) is 19.0. The zero-order valence-electron chi connectivity index (χ0n) is 11.3. The second-order valence-electron chi connectivity index (χ2n) is 4.96. The molecule has 2 amide bonds. The van der Waals surface area contributed by atoms with Gasteiger partial charge >= 0.3 is 12.0 Å². The minimum absolute atomic E-state index is 0.0901. The molecule has 0 aromatic heterocycles. The first-order chi connectivity index (χ1) is 9.99. The van der Waals surface area contributed by atoms with Crippen molar-refractivity contribution < 1.29 is 23.5 Å². The summed E-state index contributed by atoms with van der Waals surface area (Å²) < 4.78 is 25.9. The molecule has 1 atom stereocenters. The number of aliphatic carboxylic acids is 1. The molecule has 0 aliphatic carbocycles. The number of carboxylic acids is 1. The molecule has 5 nitrogen and oxygen atoms in total. The third kappa shape index (κ3) is 3.68. The van der Waals surface area contributed by atoms with Gasteiger partial charge in [0.15, 0.2) is 11.6 Å². The van der Waals surface area contributed by atoms with Crippen molar-refractivity contribution in [2.24, 2.45) is 0 Å². The Bertz CT molecular complexity index is 551. The number of hydrogen-bond donors (Lipinski definition) is 2. The van der Waals surface area contributed by atoms with E-state index < -0.39 is 29.7 Å². The Kier molecular flexibility index (Phi) is 4.72. The van der Waals surface area contributed by atoms with Gasteiger partial charge in [-0.1, -0.05) is 12.8 Å². The standard InChI is InChI=1S/C14H16F2N2O3/c15-10-6-5-9(8-11(10)16)17-14(21)18-7-3-1-2-4-12(18)13(19)20/h5-6,8,12H,1-4,7H2,(H,17,21)(H,19,20). The van der Waals surface area contributed by atoms with Crippen molar-refractivity contribution in [3.05, 3.63) is 29.8 Å². The van der Waals surface area contributed by atoms with E-state index in [1.165, 1.54) is 11.0 Å². The predicted molar refractivity (Wildman–Crippen MR) is 72.0 cm³/mol. The van der Waals surface area contributed by atoms with Gasteiger partial charge in [-0.25, -0.2) is 18.4 Å². The number of nitrogens with zero attached hydrogens (tertiary/aromatic N) is 1. The number of nitrogens with one attached hydrogen (secondary N) is 1. The maximum Gasteiger partial charge on any atom is 0.326 e. The van der Waals surface area contributed by atoms with E-state index >= 15 is 0 Å². The van der Waals surface area contributed by atoms with Gasteiger partial charge in [0.25, 0.3) is 0 Å². The Morgan fingerprint density at radius 2 is 1.95 bits per heavy atom. The summed E-state index contributed by atoms with van der Waals surface area (Å²) in [6.07, 6.45) is 2.71. The first-order valence-electron chi connectivity index (χ1n) is 6.74. The van der Waals surface area contributed by atoms with Crippen LogP contribution >= 0.6 is 0 Å². The Labute approximate surface area is 120 Å². The average Bonchev–Trinajstić information content (AvgIpc) is 2.68. The number of carboxylic acid groups (broad SMARTS) is 1. The monoisotopic (exact) mass is 298 g/mol. The van der Waals surface area contributed by atoms with Crippen molar-refractivity contribution in [1.82, 2.24) is 4.90 Å². The van der Waals surface area contributed by atoms with Crippen molar-refractivity contribution >= 4 is 17.7 Å². The van der Waals surface area contributed by atoms with Crippen LogP contribution in [0.3, 0.4) is 0 Å². The van der Waals surface area contributed by atoms with Crippen molar-refractivity contribution in [2.45, 2.75) is 31.7 Å². The van der Waals surface area contributed by atoms with E-state index in [0.717, 1.165) is 31.4 Å². The molecule has 21 heavy (non-hydrogen) atoms. The number of amides is 2. The van der Waals surface area contributed by atoms with Crippen molar-refractivity contribution in [1.29, 1.82) is 0 Å². The number of urea groups is 1. The molecular formula is C14H16F2N2O3. The average molecular weight is 298 g/mol. The van der Waals surface area contributed by atoms with Gasteiger partial charge in [0, 0.05) is 18.3 Å². The highest BCUT2D eigenvalue weighted by atomic mass is 19.2. The quantitative estimate of drug-likeness (QED) is 0.882. The van der Waals surface area contributed by atoms with Crippen molar-refractivity contribution in [3.63, 3.8) is 0 Å². The van der Waals surface area contributed by atoms with Crippen LogP contribution in [0, 0.1) is 11.6 Å². The number of carbonyl (C=O) groups is 2. The molecule has 1 aliphatic heterocycles. The molecule has 2 N–H and O–H groups in total. The number of halogens is 2. The third-order valence-corrected chi connectivity index (χ3v) is 3.47. The summed E-state index contributed by atoms with van der Waals surface area (Å²) in [7, 11) is 0. The fraction of sp³-hybridized carbons (Fsp3) is 0.429. The van der Waals surface area contributed by atoms with Crippen LogP contribution in [0.2, 0.25) is 0 Å². The second kappa shape index (κ2) is 6.51. The highest BCUT2D eigenvalue weighted by Gasteiger charge is 2.30. The Morgan fingerprint density at radius 1 is 1.19 bits per heavy atom. The minimum atomic E-state index is -1.07. The number of benzene rings is 1. The zero-order valence-corrected chi connectivity index (χ0v) is 11.3. The number of carbonyl (C=O) groups excluding carboxylic acids is 1. The summed E-state index contributed by atoms with van der Waals surface area (Å²) in [5.41, 5.74) is 0.0901. The number of rotatable bonds is 2. The van der Waals surface area contributed by atoms with Crippen LogP contribution in [0.25, 0.3) is 0 Å². The summed E-state index contributed by atoms with van der Waals surface area (Å²) in [6.45, 7) is 0.326. The molecule has 114 valence electrons. The van der Waals surface area contributed by atoms with Gasteiger partial charge in [0.05, 0.1) is 0 Å². The topological polar surface area (TPSA) is 69.6 Å². The molecule has 0 spiro atoms. The van der Waals surface area contributed by atoms with Crippen LogP contribution in [0.5, 0.6) is 0 Å². The minimum Gasteiger partial charge on any atom is -0.480 e. The third-order valence-electron chi connectivity index (χ3n) is 3.47. The van der Waals surface area contributed by atoms with Crippen LogP contribution in [-0.2, 0) is 4.79 Å². The number of hydrogen-bond acceptors (Lipinski definition) is 2. The van der Waals surface area contributed by atoms with Crippen molar-refractivity contribution in [2.75, 3.05) is 11.9 Å². The predicted octanol–water partition coefficient (Wildman–Crippen LogP) is 2.83. The SMILES string of the molecule is O=C(O)C1CCCCCN1C(=O)Nc1ccc(F)c(F)c1. The first-order valence-corrected chi connectivity index (χ1v) is 6.74. The highest BCUT2D eigenvalue weighted by Crippen LogP contribution is 2.19. The molecule has 1 aliphatic rings. The molecule has 1 aromatic carbocycles. The first kappa shape index (κ1) is 15.2. The van der Waals surface area contributed by atoms with Gasteiger partial charge in [-0.3, -0.25) is 0 Å². The lowest BCUT2D eigenvalue weighted by molar-refractivity contribution is -0.142. The molecule has 7 heteroatoms. The molecule has 1 heterocycles. The summed E-state index contributed by atoms with van der Waals surface area (Å²) in [5.74, 6) is -3.14. The van der Waals surface area contributed by atoms with Gasteiger partial charge in [0.1, 0.15) is 6.04 Å². The number of anilines is 1. The molecule has 0 bridgehead atoms. The summed E-state index contributed by atoms with van der Waals surface area (Å²) in [6, 6.07) is 1.49. The summed E-state index contributed by atoms with van der Waals surface area (Å²) in [4.78, 5) is 24.6. The summed E-state index contributed by atoms with van der Waals surface area (Å²) >= 11 is 0. The van der Waals surface area contributed by atoms with Gasteiger partial charge in [-0.2, -0.15) is 0 Å². The Morgan fingerprint density at radius 3 is 2.62 bits per heavy atom. The van der Waals surface area contributed by atoms with E-state index in [0.29, 0.717) is 13.0 Å². The van der Waals surface area contributed by atoms with Crippen molar-refractivity contribution in [3.8, 4) is 0 Å². The highest BCUT2D eigenvalue weighted by molar-refractivity contribution is 5.92. The largest absolute Gasteiger partial charge is 0.480 e. The van der Waals surface area contributed by atoms with Crippen LogP contribution in [0.15, 0.2) is 18.2 Å². The fourth-order valence-corrected chi connectivity index (χ4v) is 2.38. The lowest BCUT2D eigenvalue weighted by atomic mass is 10.1. The maximum absolute atomic E-state index is 13.1. The molecule has 0 saturated carbocycles. The fourth-order valence-electron chi connectivity index (χ4n) is 2.38. The molecule has 0 radical (unpaired) electrons. The maximum atomic E-state index is 13.1. The van der Waals surface area contributed by atoms with E-state index in [2.05, 4.69) is 5.32 Å². The van der Waals surface area contributed by atoms with Gasteiger partial charge in [-0.15, -0.1) is 0 Å². The Balaban J connectivity index is 2.12. The van der Waals surface area contributed by atoms with E-state index in [1.54, 1.807) is 0 Å². The van der Waals surface area contributed by atoms with Gasteiger partial charge in [0.2, 0.25) is 0 Å². The van der Waals surface area contributed by atoms with E-state index in [1.807, 2.05) is 0 Å². The van der Waals surface area contributed by atoms with Crippen LogP contribution in [-0.4, -0.2) is 34.6 Å². The van der Waals surface area contributed by atoms with E-state index in [-0.39, 0.29) is 5.69 Å². The van der Waals surface area contributed by atoms with E-state index in [4.69, 9.17) is 0 Å². The molecule has 2 rings (SSSR count). The molecule has 1 unspecified atom stereocenters. The lowest BCUT2D eigenvalue weighted by Crippen LogP contribution is -2.46. The van der Waals surface area contributed by atoms with Crippen LogP contribution < -0.4 is 5.32 Å². The number of likely N-dealkylation sites (tertiary alicyclic amines) is 1. The second-order valence-corrected chi connectivity index (χ2v) is 4.96. The molecule has 1 saturated heterocycles. The Hall–Kier alpha value is -2.18. The molecular weight excluding hydrogens is 282 g/mol. The van der Waals surface area contributed by atoms with Crippen LogP contribution in [0.1, 0.15) is 25.7 Å². The lowest BCUT2D eigenvalue weighted by Gasteiger charge is -2.27. The van der Waals surface area contributed by atoms with Gasteiger partial charge < -0.3 is 15.3 Å². The summed E-state index contributed by atoms with van der Waals surface area (Å²) in [5, 5.41) is 11.6. The molecule has 1 fully saturated rings. The van der Waals surface area contributed by atoms with Crippen LogP contribution in [0.4, 0.5) is 19.3 Å². The van der Waals surface area contributed by atoms with Gasteiger partial charge in [-0.05, 0) is 25.0 Å². The smallest absolute Gasteiger partial charge is 0.326 e. The van der Waals surface area contributed by atoms with E-state index in [9.17, 15) is 23.5 Å². The molecule has 1 aromatic rings. The zero-order chi connectivity index (χ0) is 15.4.